The van der Waals surface area contributed by atoms with Gasteiger partial charge in [0.2, 0.25) is 5.88 Å². The van der Waals surface area contributed by atoms with E-state index >= 15 is 0 Å². The molecular weight excluding hydrogens is 292 g/mol. The van der Waals surface area contributed by atoms with Gasteiger partial charge in [0.25, 0.3) is 5.91 Å². The molecule has 0 aliphatic heterocycles. The third-order valence-electron chi connectivity index (χ3n) is 4.06. The average molecular weight is 312 g/mol. The Labute approximate surface area is 135 Å². The second-order valence-corrected chi connectivity index (χ2v) is 5.62. The van der Waals surface area contributed by atoms with E-state index in [0.29, 0.717) is 17.4 Å². The molecule has 1 aliphatic carbocycles. The van der Waals surface area contributed by atoms with Crippen molar-refractivity contribution in [2.75, 3.05) is 14.2 Å². The van der Waals surface area contributed by atoms with Crippen molar-refractivity contribution >= 4 is 5.91 Å². The number of carbonyl (C=O) groups is 1. The average Bonchev–Trinajstić information content (AvgIpc) is 3.44. The summed E-state index contributed by atoms with van der Waals surface area (Å²) in [5.41, 5.74) is 1.54. The van der Waals surface area contributed by atoms with Gasteiger partial charge >= 0.3 is 0 Å². The number of hydrogen-bond acceptors (Lipinski definition) is 4. The first-order valence-corrected chi connectivity index (χ1v) is 7.66. The Morgan fingerprint density at radius 2 is 1.91 bits per heavy atom. The molecule has 0 saturated heterocycles. The first-order valence-electron chi connectivity index (χ1n) is 7.66. The van der Waals surface area contributed by atoms with Gasteiger partial charge in [0, 0.05) is 6.20 Å². The number of pyridine rings is 1. The highest BCUT2D eigenvalue weighted by Crippen LogP contribution is 2.41. The number of amides is 1. The highest BCUT2D eigenvalue weighted by molar-refractivity contribution is 5.96. The molecule has 1 heterocycles. The van der Waals surface area contributed by atoms with Crippen LogP contribution < -0.4 is 14.8 Å². The third kappa shape index (κ3) is 3.44. The number of ether oxygens (including phenoxy) is 2. The van der Waals surface area contributed by atoms with Gasteiger partial charge in [-0.3, -0.25) is 4.79 Å². The van der Waals surface area contributed by atoms with Gasteiger partial charge < -0.3 is 14.8 Å². The quantitative estimate of drug-likeness (QED) is 0.891. The molecule has 1 aliphatic rings. The molecule has 5 heteroatoms. The SMILES string of the molecule is COc1ccc(C(NC(=O)c2cccnc2OC)C2CC2)cc1. The topological polar surface area (TPSA) is 60.5 Å². The van der Waals surface area contributed by atoms with Crippen molar-refractivity contribution in [2.24, 2.45) is 5.92 Å². The Morgan fingerprint density at radius 3 is 2.52 bits per heavy atom. The van der Waals surface area contributed by atoms with Crippen LogP contribution in [0.5, 0.6) is 11.6 Å². The van der Waals surface area contributed by atoms with Crippen LogP contribution in [0.15, 0.2) is 42.6 Å². The molecule has 5 nitrogen and oxygen atoms in total. The van der Waals surface area contributed by atoms with Gasteiger partial charge in [-0.1, -0.05) is 12.1 Å². The van der Waals surface area contributed by atoms with E-state index in [1.807, 2.05) is 24.3 Å². The lowest BCUT2D eigenvalue weighted by Crippen LogP contribution is -2.30. The summed E-state index contributed by atoms with van der Waals surface area (Å²) < 4.78 is 10.4. The summed E-state index contributed by atoms with van der Waals surface area (Å²) in [6.45, 7) is 0. The van der Waals surface area contributed by atoms with E-state index in [0.717, 1.165) is 24.2 Å². The van der Waals surface area contributed by atoms with E-state index in [-0.39, 0.29) is 11.9 Å². The number of hydrogen-bond donors (Lipinski definition) is 1. The maximum atomic E-state index is 12.6. The Kier molecular flexibility index (Phi) is 4.46. The molecule has 0 spiro atoms. The maximum Gasteiger partial charge on any atom is 0.257 e. The van der Waals surface area contributed by atoms with Crippen molar-refractivity contribution in [2.45, 2.75) is 18.9 Å². The fourth-order valence-corrected chi connectivity index (χ4v) is 2.66. The maximum absolute atomic E-state index is 12.6. The second kappa shape index (κ2) is 6.69. The summed E-state index contributed by atoms with van der Waals surface area (Å²) in [6.07, 6.45) is 3.86. The second-order valence-electron chi connectivity index (χ2n) is 5.62. The summed E-state index contributed by atoms with van der Waals surface area (Å²) in [4.78, 5) is 16.7. The van der Waals surface area contributed by atoms with Crippen LogP contribution in [0.25, 0.3) is 0 Å². The van der Waals surface area contributed by atoms with Crippen molar-refractivity contribution in [1.29, 1.82) is 0 Å². The van der Waals surface area contributed by atoms with Crippen molar-refractivity contribution in [3.63, 3.8) is 0 Å². The molecule has 0 bridgehead atoms. The molecule has 120 valence electrons. The van der Waals surface area contributed by atoms with Crippen molar-refractivity contribution in [3.8, 4) is 11.6 Å². The van der Waals surface area contributed by atoms with E-state index in [1.54, 1.807) is 25.4 Å². The summed E-state index contributed by atoms with van der Waals surface area (Å²) in [6, 6.07) is 11.3. The zero-order valence-corrected chi connectivity index (χ0v) is 13.3. The van der Waals surface area contributed by atoms with Crippen LogP contribution in [0.4, 0.5) is 0 Å². The summed E-state index contributed by atoms with van der Waals surface area (Å²) >= 11 is 0. The lowest BCUT2D eigenvalue weighted by Gasteiger charge is -2.19. The fraction of sp³-hybridized carbons (Fsp3) is 0.333. The molecule has 23 heavy (non-hydrogen) atoms. The van der Waals surface area contributed by atoms with Gasteiger partial charge in [-0.05, 0) is 48.6 Å². The molecule has 1 aromatic carbocycles. The normalized spacial score (nSPS) is 14.9. The molecule has 1 atom stereocenters. The number of carbonyl (C=O) groups excluding carboxylic acids is 1. The molecule has 1 unspecified atom stereocenters. The molecule has 2 aromatic rings. The minimum atomic E-state index is -0.164. The Hall–Kier alpha value is -2.56. The van der Waals surface area contributed by atoms with E-state index in [1.165, 1.54) is 7.11 Å². The monoisotopic (exact) mass is 312 g/mol. The fourth-order valence-electron chi connectivity index (χ4n) is 2.66. The number of nitrogens with one attached hydrogen (secondary N) is 1. The molecule has 1 fully saturated rings. The third-order valence-corrected chi connectivity index (χ3v) is 4.06. The molecule has 1 N–H and O–H groups in total. The minimum absolute atomic E-state index is 0.00156. The zero-order chi connectivity index (χ0) is 16.2. The summed E-state index contributed by atoms with van der Waals surface area (Å²) in [5.74, 6) is 1.47. The van der Waals surface area contributed by atoms with Gasteiger partial charge in [0.05, 0.1) is 20.3 Å². The van der Waals surface area contributed by atoms with Crippen molar-refractivity contribution < 1.29 is 14.3 Å². The zero-order valence-electron chi connectivity index (χ0n) is 13.3. The molecule has 3 rings (SSSR count). The summed E-state index contributed by atoms with van der Waals surface area (Å²) in [5, 5.41) is 3.12. The Morgan fingerprint density at radius 1 is 1.17 bits per heavy atom. The number of methoxy groups -OCH3 is 2. The first kappa shape index (κ1) is 15.3. The smallest absolute Gasteiger partial charge is 0.257 e. The predicted molar refractivity (Wildman–Crippen MR) is 86.7 cm³/mol. The Balaban J connectivity index is 1.80. The standard InChI is InChI=1S/C18H20N2O3/c1-22-14-9-7-13(8-10-14)16(12-5-6-12)20-17(21)15-4-3-11-19-18(15)23-2/h3-4,7-12,16H,5-6H2,1-2H3,(H,20,21). The van der Waals surface area contributed by atoms with E-state index in [2.05, 4.69) is 10.3 Å². The predicted octanol–water partition coefficient (Wildman–Crippen LogP) is 2.98. The molecule has 1 aromatic heterocycles. The van der Waals surface area contributed by atoms with Crippen LogP contribution >= 0.6 is 0 Å². The van der Waals surface area contributed by atoms with Crippen LogP contribution in [0, 0.1) is 5.92 Å². The molecule has 1 amide bonds. The van der Waals surface area contributed by atoms with E-state index in [4.69, 9.17) is 9.47 Å². The highest BCUT2D eigenvalue weighted by Gasteiger charge is 2.34. The van der Waals surface area contributed by atoms with Crippen molar-refractivity contribution in [3.05, 3.63) is 53.7 Å². The van der Waals surface area contributed by atoms with Crippen LogP contribution in [-0.2, 0) is 0 Å². The lowest BCUT2D eigenvalue weighted by atomic mass is 10.0. The van der Waals surface area contributed by atoms with Crippen LogP contribution in [-0.4, -0.2) is 25.1 Å². The summed E-state index contributed by atoms with van der Waals surface area (Å²) in [7, 11) is 3.16. The van der Waals surface area contributed by atoms with E-state index in [9.17, 15) is 4.79 Å². The van der Waals surface area contributed by atoms with Crippen molar-refractivity contribution in [1.82, 2.24) is 10.3 Å². The molecule has 0 radical (unpaired) electrons. The van der Waals surface area contributed by atoms with Gasteiger partial charge in [-0.25, -0.2) is 4.98 Å². The lowest BCUT2D eigenvalue weighted by molar-refractivity contribution is 0.0928. The van der Waals surface area contributed by atoms with E-state index < -0.39 is 0 Å². The number of rotatable bonds is 6. The largest absolute Gasteiger partial charge is 0.497 e. The van der Waals surface area contributed by atoms with Crippen LogP contribution in [0.1, 0.15) is 34.8 Å². The minimum Gasteiger partial charge on any atom is -0.497 e. The highest BCUT2D eigenvalue weighted by atomic mass is 16.5. The molecule has 1 saturated carbocycles. The van der Waals surface area contributed by atoms with Gasteiger partial charge in [-0.2, -0.15) is 0 Å². The molecular formula is C18H20N2O3. The van der Waals surface area contributed by atoms with Gasteiger partial charge in [-0.15, -0.1) is 0 Å². The van der Waals surface area contributed by atoms with Gasteiger partial charge in [0.1, 0.15) is 11.3 Å². The van der Waals surface area contributed by atoms with Crippen LogP contribution in [0.3, 0.4) is 0 Å². The number of nitrogens with zero attached hydrogens (tertiary/aromatic N) is 1. The Bertz CT molecular complexity index is 681. The first-order chi connectivity index (χ1) is 11.2. The number of benzene rings is 1. The number of aromatic nitrogens is 1. The van der Waals surface area contributed by atoms with Crippen LogP contribution in [0.2, 0.25) is 0 Å². The van der Waals surface area contributed by atoms with Gasteiger partial charge in [0.15, 0.2) is 0 Å².